The van der Waals surface area contributed by atoms with Gasteiger partial charge in [0.05, 0.1) is 19.0 Å². The molecule has 10 heteroatoms. The number of piperidine rings is 1. The van der Waals surface area contributed by atoms with E-state index in [1.165, 1.54) is 11.8 Å². The van der Waals surface area contributed by atoms with Crippen LogP contribution in [0.25, 0.3) is 0 Å². The number of ether oxygens (including phenoxy) is 1. The topological polar surface area (TPSA) is 107 Å². The molecular weight excluding hydrogens is 356 g/mol. The first-order valence-corrected chi connectivity index (χ1v) is 10.0. The summed E-state index contributed by atoms with van der Waals surface area (Å²) >= 11 is 1.41. The van der Waals surface area contributed by atoms with Crippen LogP contribution in [0.15, 0.2) is 5.16 Å². The maximum absolute atomic E-state index is 12.5. The fourth-order valence-corrected chi connectivity index (χ4v) is 4.19. The minimum atomic E-state index is -0.266. The number of thioether (sulfide) groups is 1. The number of primary amides is 1. The lowest BCUT2D eigenvalue weighted by atomic mass is 9.96. The van der Waals surface area contributed by atoms with Crippen LogP contribution in [0.2, 0.25) is 0 Å². The Morgan fingerprint density at radius 3 is 2.50 bits per heavy atom. The normalized spacial score (nSPS) is 19.0. The minimum absolute atomic E-state index is 0.0662. The number of nitrogens with two attached hydrogens (primary N) is 1. The monoisotopic (exact) mass is 382 g/mol. The zero-order valence-electron chi connectivity index (χ0n) is 15.1. The van der Waals surface area contributed by atoms with Crippen LogP contribution in [0, 0.1) is 5.92 Å². The van der Waals surface area contributed by atoms with Gasteiger partial charge in [-0.2, -0.15) is 0 Å². The van der Waals surface area contributed by atoms with E-state index in [0.717, 1.165) is 30.7 Å². The van der Waals surface area contributed by atoms with Crippen LogP contribution in [0.1, 0.15) is 19.8 Å². The third-order valence-electron chi connectivity index (χ3n) is 4.88. The van der Waals surface area contributed by atoms with Gasteiger partial charge >= 0.3 is 0 Å². The molecule has 0 atom stereocenters. The minimum Gasteiger partial charge on any atom is -0.378 e. The Morgan fingerprint density at radius 2 is 1.88 bits per heavy atom. The zero-order valence-corrected chi connectivity index (χ0v) is 15.9. The van der Waals surface area contributed by atoms with E-state index in [2.05, 4.69) is 15.1 Å². The summed E-state index contributed by atoms with van der Waals surface area (Å²) < 4.78 is 7.43. The maximum atomic E-state index is 12.5. The van der Waals surface area contributed by atoms with Gasteiger partial charge in [0, 0.05) is 38.6 Å². The van der Waals surface area contributed by atoms with E-state index in [4.69, 9.17) is 10.5 Å². The van der Waals surface area contributed by atoms with Gasteiger partial charge in [0.1, 0.15) is 0 Å². The van der Waals surface area contributed by atoms with Gasteiger partial charge in [-0.15, -0.1) is 10.2 Å². The largest absolute Gasteiger partial charge is 0.378 e. The fourth-order valence-electron chi connectivity index (χ4n) is 3.29. The van der Waals surface area contributed by atoms with Gasteiger partial charge in [-0.05, 0) is 19.8 Å². The first-order valence-electron chi connectivity index (χ1n) is 9.06. The lowest BCUT2D eigenvalue weighted by Gasteiger charge is -2.30. The van der Waals surface area contributed by atoms with Gasteiger partial charge in [0.2, 0.25) is 17.8 Å². The smallest absolute Gasteiger partial charge is 0.233 e. The number of hydrogen-bond donors (Lipinski definition) is 1. The third-order valence-corrected chi connectivity index (χ3v) is 5.83. The van der Waals surface area contributed by atoms with E-state index < -0.39 is 0 Å². The van der Waals surface area contributed by atoms with Crippen LogP contribution in [0.5, 0.6) is 0 Å². The predicted octanol–water partition coefficient (Wildman–Crippen LogP) is -0.0494. The number of likely N-dealkylation sites (tertiary alicyclic amines) is 1. The molecule has 2 aliphatic heterocycles. The zero-order chi connectivity index (χ0) is 18.5. The second-order valence-corrected chi connectivity index (χ2v) is 7.41. The van der Waals surface area contributed by atoms with Crippen LogP contribution in [-0.2, 0) is 20.9 Å². The predicted molar refractivity (Wildman–Crippen MR) is 98.0 cm³/mol. The number of hydrogen-bond acceptors (Lipinski definition) is 7. The molecule has 0 aliphatic carbocycles. The number of carbonyl (C=O) groups excluding carboxylic acids is 2. The molecule has 0 bridgehead atoms. The molecule has 2 fully saturated rings. The molecule has 3 heterocycles. The molecule has 3 rings (SSSR count). The SMILES string of the molecule is CCn1c(SCC(=O)N2CCC(C(N)=O)CC2)nnc1N1CCOCC1. The van der Waals surface area contributed by atoms with Crippen molar-refractivity contribution in [3.8, 4) is 0 Å². The molecule has 26 heavy (non-hydrogen) atoms. The molecule has 1 aromatic heterocycles. The summed E-state index contributed by atoms with van der Waals surface area (Å²) in [6.45, 7) is 6.97. The average Bonchev–Trinajstić information content (AvgIpc) is 3.09. The Morgan fingerprint density at radius 1 is 1.19 bits per heavy atom. The Bertz CT molecular complexity index is 638. The molecular formula is C16H26N6O3S. The van der Waals surface area contributed by atoms with Crippen LogP contribution < -0.4 is 10.6 Å². The highest BCUT2D eigenvalue weighted by atomic mass is 32.2. The molecule has 0 saturated carbocycles. The molecule has 0 radical (unpaired) electrons. The number of carbonyl (C=O) groups is 2. The molecule has 144 valence electrons. The average molecular weight is 382 g/mol. The van der Waals surface area contributed by atoms with Crippen molar-refractivity contribution in [2.75, 3.05) is 50.0 Å². The Labute approximate surface area is 157 Å². The molecule has 0 aromatic carbocycles. The van der Waals surface area contributed by atoms with Gasteiger partial charge in [-0.1, -0.05) is 11.8 Å². The Balaban J connectivity index is 1.55. The van der Waals surface area contributed by atoms with Gasteiger partial charge in [0.25, 0.3) is 0 Å². The molecule has 2 amide bonds. The number of aromatic nitrogens is 3. The summed E-state index contributed by atoms with van der Waals surface area (Å²) in [6, 6.07) is 0. The molecule has 9 nitrogen and oxygen atoms in total. The van der Waals surface area contributed by atoms with Crippen LogP contribution in [0.4, 0.5) is 5.95 Å². The van der Waals surface area contributed by atoms with E-state index >= 15 is 0 Å². The summed E-state index contributed by atoms with van der Waals surface area (Å²) in [7, 11) is 0. The fraction of sp³-hybridized carbons (Fsp3) is 0.750. The second-order valence-electron chi connectivity index (χ2n) is 6.47. The number of anilines is 1. The van der Waals surface area contributed by atoms with Crippen LogP contribution in [0.3, 0.4) is 0 Å². The lowest BCUT2D eigenvalue weighted by molar-refractivity contribution is -0.132. The standard InChI is InChI=1S/C16H26N6O3S/c1-2-22-15(21-7-9-25-10-8-21)18-19-16(22)26-11-13(23)20-5-3-12(4-6-20)14(17)24/h12H,2-11H2,1H3,(H2,17,24). The van der Waals surface area contributed by atoms with E-state index in [9.17, 15) is 9.59 Å². The molecule has 2 saturated heterocycles. The lowest BCUT2D eigenvalue weighted by Crippen LogP contribution is -2.42. The number of morpholine rings is 1. The maximum Gasteiger partial charge on any atom is 0.233 e. The van der Waals surface area contributed by atoms with E-state index in [1.807, 2.05) is 16.4 Å². The molecule has 2 aliphatic rings. The first kappa shape index (κ1) is 19.0. The summed E-state index contributed by atoms with van der Waals surface area (Å²) in [5.74, 6) is 0.858. The van der Waals surface area contributed by atoms with Gasteiger partial charge in [-0.25, -0.2) is 0 Å². The van der Waals surface area contributed by atoms with Crippen LogP contribution in [-0.4, -0.2) is 76.6 Å². The van der Waals surface area contributed by atoms with E-state index in [-0.39, 0.29) is 17.7 Å². The molecule has 0 unspecified atom stereocenters. The van der Waals surface area contributed by atoms with E-state index in [0.29, 0.717) is 44.9 Å². The quantitative estimate of drug-likeness (QED) is 0.688. The van der Waals surface area contributed by atoms with Gasteiger partial charge in [0.15, 0.2) is 5.16 Å². The Hall–Kier alpha value is -1.81. The highest BCUT2D eigenvalue weighted by molar-refractivity contribution is 7.99. The highest BCUT2D eigenvalue weighted by Crippen LogP contribution is 2.24. The second kappa shape index (κ2) is 8.72. The van der Waals surface area contributed by atoms with Crippen molar-refractivity contribution in [2.24, 2.45) is 11.7 Å². The van der Waals surface area contributed by atoms with Crippen molar-refractivity contribution < 1.29 is 14.3 Å². The van der Waals surface area contributed by atoms with Crippen molar-refractivity contribution in [3.05, 3.63) is 0 Å². The summed E-state index contributed by atoms with van der Waals surface area (Å²) in [5.41, 5.74) is 5.34. The molecule has 1 aromatic rings. The number of amides is 2. The summed E-state index contributed by atoms with van der Waals surface area (Å²) in [4.78, 5) is 27.7. The number of rotatable bonds is 6. The van der Waals surface area contributed by atoms with Crippen molar-refractivity contribution in [2.45, 2.75) is 31.5 Å². The molecule has 0 spiro atoms. The molecule has 2 N–H and O–H groups in total. The third kappa shape index (κ3) is 4.29. The van der Waals surface area contributed by atoms with Gasteiger partial charge in [-0.3, -0.25) is 14.2 Å². The summed E-state index contributed by atoms with van der Waals surface area (Å²) in [6.07, 6.45) is 1.30. The van der Waals surface area contributed by atoms with E-state index in [1.54, 1.807) is 0 Å². The summed E-state index contributed by atoms with van der Waals surface area (Å²) in [5, 5.41) is 9.35. The van der Waals surface area contributed by atoms with Crippen molar-refractivity contribution >= 4 is 29.5 Å². The Kier molecular flexibility index (Phi) is 6.36. The van der Waals surface area contributed by atoms with Crippen molar-refractivity contribution in [1.82, 2.24) is 19.7 Å². The number of nitrogens with zero attached hydrogens (tertiary/aromatic N) is 5. The highest BCUT2D eigenvalue weighted by Gasteiger charge is 2.26. The van der Waals surface area contributed by atoms with Crippen molar-refractivity contribution in [1.29, 1.82) is 0 Å². The van der Waals surface area contributed by atoms with Crippen molar-refractivity contribution in [3.63, 3.8) is 0 Å². The van der Waals surface area contributed by atoms with Crippen LogP contribution >= 0.6 is 11.8 Å². The van der Waals surface area contributed by atoms with Gasteiger partial charge < -0.3 is 20.3 Å². The first-order chi connectivity index (χ1) is 12.6.